The molecule has 5 nitrogen and oxygen atoms in total. The van der Waals surface area contributed by atoms with Crippen LogP contribution in [-0.4, -0.2) is 39.7 Å². The molecular formula is C12H17ClN4O. The van der Waals surface area contributed by atoms with Gasteiger partial charge in [0.2, 0.25) is 0 Å². The summed E-state index contributed by atoms with van der Waals surface area (Å²) >= 11 is 0. The van der Waals surface area contributed by atoms with Crippen molar-refractivity contribution in [3.63, 3.8) is 0 Å². The van der Waals surface area contributed by atoms with Crippen LogP contribution in [0.5, 0.6) is 0 Å². The fourth-order valence-electron chi connectivity index (χ4n) is 3.11. The molecule has 0 bridgehead atoms. The maximum absolute atomic E-state index is 12.4. The summed E-state index contributed by atoms with van der Waals surface area (Å²) in [5.41, 5.74) is 3.17. The number of amides is 1. The standard InChI is InChI=1S/C12H16N4O.ClH/c1-15-11(17)10-8-6-13-5-2-9(8)14-16(10)7-12(15)3-4-12;/h13H,2-7H2,1H3;1H. The number of aromatic nitrogens is 2. The van der Waals surface area contributed by atoms with E-state index in [0.29, 0.717) is 0 Å². The molecule has 1 aromatic heterocycles. The van der Waals surface area contributed by atoms with Crippen molar-refractivity contribution >= 4 is 18.3 Å². The predicted molar refractivity (Wildman–Crippen MR) is 68.9 cm³/mol. The summed E-state index contributed by atoms with van der Waals surface area (Å²) in [6.07, 6.45) is 3.19. The van der Waals surface area contributed by atoms with Crippen molar-refractivity contribution in [3.05, 3.63) is 17.0 Å². The van der Waals surface area contributed by atoms with Crippen LogP contribution in [0.2, 0.25) is 0 Å². The van der Waals surface area contributed by atoms with Crippen LogP contribution in [-0.2, 0) is 19.5 Å². The molecule has 1 aromatic rings. The average molecular weight is 269 g/mol. The van der Waals surface area contributed by atoms with E-state index in [9.17, 15) is 4.79 Å². The first-order chi connectivity index (χ1) is 8.21. The Kier molecular flexibility index (Phi) is 2.47. The van der Waals surface area contributed by atoms with E-state index in [1.54, 1.807) is 0 Å². The molecule has 0 radical (unpaired) electrons. The summed E-state index contributed by atoms with van der Waals surface area (Å²) < 4.78 is 1.97. The minimum Gasteiger partial charge on any atom is -0.333 e. The predicted octanol–water partition coefficient (Wildman–Crippen LogP) is 0.569. The van der Waals surface area contributed by atoms with Crippen molar-refractivity contribution < 1.29 is 4.79 Å². The lowest BCUT2D eigenvalue weighted by molar-refractivity contribution is 0.0610. The highest BCUT2D eigenvalue weighted by Crippen LogP contribution is 2.46. The Bertz CT molecular complexity index is 520. The summed E-state index contributed by atoms with van der Waals surface area (Å²) in [6.45, 7) is 2.65. The van der Waals surface area contributed by atoms with Crippen molar-refractivity contribution in [1.29, 1.82) is 0 Å². The Morgan fingerprint density at radius 3 is 2.89 bits per heavy atom. The number of carbonyl (C=O) groups excluding carboxylic acids is 1. The van der Waals surface area contributed by atoms with Crippen LogP contribution in [0.25, 0.3) is 0 Å². The molecule has 3 heterocycles. The number of hydrogen-bond acceptors (Lipinski definition) is 3. The molecule has 3 aliphatic rings. The van der Waals surface area contributed by atoms with Crippen molar-refractivity contribution in [1.82, 2.24) is 20.0 Å². The lowest BCUT2D eigenvalue weighted by Gasteiger charge is -2.33. The molecule has 0 saturated heterocycles. The second kappa shape index (κ2) is 3.71. The second-order valence-corrected chi connectivity index (χ2v) is 5.45. The van der Waals surface area contributed by atoms with Crippen LogP contribution in [0.15, 0.2) is 0 Å². The topological polar surface area (TPSA) is 50.2 Å². The van der Waals surface area contributed by atoms with Gasteiger partial charge in [-0.25, -0.2) is 0 Å². The number of rotatable bonds is 0. The monoisotopic (exact) mass is 268 g/mol. The first-order valence-electron chi connectivity index (χ1n) is 6.29. The first kappa shape index (κ1) is 12.0. The van der Waals surface area contributed by atoms with E-state index in [0.717, 1.165) is 55.8 Å². The zero-order valence-electron chi connectivity index (χ0n) is 10.4. The summed E-state index contributed by atoms with van der Waals surface area (Å²) in [4.78, 5) is 14.4. The molecule has 0 aromatic carbocycles. The number of nitrogens with zero attached hydrogens (tertiary/aromatic N) is 3. The smallest absolute Gasteiger partial charge is 0.272 e. The summed E-state index contributed by atoms with van der Waals surface area (Å²) in [5, 5.41) is 7.97. The Hall–Kier alpha value is -1.07. The Morgan fingerprint density at radius 1 is 1.39 bits per heavy atom. The normalized spacial score (nSPS) is 23.4. The molecule has 98 valence electrons. The molecule has 2 aliphatic heterocycles. The van der Waals surface area contributed by atoms with Gasteiger partial charge in [0.05, 0.1) is 17.8 Å². The van der Waals surface area contributed by atoms with Gasteiger partial charge in [-0.15, -0.1) is 12.4 Å². The third kappa shape index (κ3) is 1.37. The van der Waals surface area contributed by atoms with Crippen LogP contribution >= 0.6 is 12.4 Å². The quantitative estimate of drug-likeness (QED) is 0.748. The van der Waals surface area contributed by atoms with Crippen molar-refractivity contribution in [2.24, 2.45) is 0 Å². The van der Waals surface area contributed by atoms with Gasteiger partial charge >= 0.3 is 0 Å². The van der Waals surface area contributed by atoms with Crippen LogP contribution in [0.3, 0.4) is 0 Å². The van der Waals surface area contributed by atoms with E-state index < -0.39 is 0 Å². The third-order valence-corrected chi connectivity index (χ3v) is 4.46. The largest absolute Gasteiger partial charge is 0.333 e. The zero-order chi connectivity index (χ0) is 11.6. The summed E-state index contributed by atoms with van der Waals surface area (Å²) in [5.74, 6) is 0.159. The highest BCUT2D eigenvalue weighted by atomic mass is 35.5. The number of likely N-dealkylation sites (N-methyl/N-ethyl adjacent to an activating group) is 1. The van der Waals surface area contributed by atoms with E-state index in [2.05, 4.69) is 10.4 Å². The molecule has 0 unspecified atom stereocenters. The molecule has 1 spiro atoms. The highest BCUT2D eigenvalue weighted by Gasteiger charge is 2.53. The zero-order valence-corrected chi connectivity index (χ0v) is 11.2. The fraction of sp³-hybridized carbons (Fsp3) is 0.667. The number of hydrogen-bond donors (Lipinski definition) is 1. The molecule has 1 saturated carbocycles. The van der Waals surface area contributed by atoms with Crippen molar-refractivity contribution in [2.75, 3.05) is 13.6 Å². The average Bonchev–Trinajstić information content (AvgIpc) is 3.00. The minimum absolute atomic E-state index is 0. The Balaban J connectivity index is 0.000001000. The number of halogens is 1. The van der Waals surface area contributed by atoms with E-state index in [1.807, 2.05) is 16.6 Å². The fourth-order valence-corrected chi connectivity index (χ4v) is 3.11. The van der Waals surface area contributed by atoms with E-state index >= 15 is 0 Å². The number of nitrogens with one attached hydrogen (secondary N) is 1. The van der Waals surface area contributed by atoms with Gasteiger partial charge in [-0.05, 0) is 12.8 Å². The molecular weight excluding hydrogens is 252 g/mol. The van der Waals surface area contributed by atoms with Crippen LogP contribution in [0.4, 0.5) is 0 Å². The highest BCUT2D eigenvalue weighted by molar-refractivity contribution is 5.95. The molecule has 18 heavy (non-hydrogen) atoms. The SMILES string of the molecule is CN1C(=O)c2c3c(nn2CC12CC2)CCNC3.Cl. The summed E-state index contributed by atoms with van der Waals surface area (Å²) in [7, 11) is 1.94. The van der Waals surface area contributed by atoms with Crippen LogP contribution in [0, 0.1) is 0 Å². The molecule has 0 atom stereocenters. The summed E-state index contributed by atoms with van der Waals surface area (Å²) in [6, 6.07) is 0. The van der Waals surface area contributed by atoms with Gasteiger partial charge in [-0.3, -0.25) is 9.48 Å². The van der Waals surface area contributed by atoms with Crippen LogP contribution < -0.4 is 5.32 Å². The van der Waals surface area contributed by atoms with Crippen LogP contribution in [0.1, 0.15) is 34.6 Å². The van der Waals surface area contributed by atoms with Crippen molar-refractivity contribution in [2.45, 2.75) is 37.9 Å². The van der Waals surface area contributed by atoms with E-state index in [1.165, 1.54) is 0 Å². The van der Waals surface area contributed by atoms with Gasteiger partial charge in [0.25, 0.3) is 5.91 Å². The van der Waals surface area contributed by atoms with Gasteiger partial charge in [-0.1, -0.05) is 0 Å². The first-order valence-corrected chi connectivity index (χ1v) is 6.29. The van der Waals surface area contributed by atoms with Gasteiger partial charge in [0.1, 0.15) is 5.69 Å². The maximum Gasteiger partial charge on any atom is 0.272 e. The molecule has 1 amide bonds. The maximum atomic E-state index is 12.4. The second-order valence-electron chi connectivity index (χ2n) is 5.45. The van der Waals surface area contributed by atoms with Gasteiger partial charge in [-0.2, -0.15) is 5.10 Å². The number of carbonyl (C=O) groups is 1. The molecule has 1 N–H and O–H groups in total. The Labute approximate surface area is 112 Å². The molecule has 6 heteroatoms. The lowest BCUT2D eigenvalue weighted by Crippen LogP contribution is -2.48. The van der Waals surface area contributed by atoms with Gasteiger partial charge in [0, 0.05) is 32.1 Å². The third-order valence-electron chi connectivity index (χ3n) is 4.46. The Morgan fingerprint density at radius 2 is 2.17 bits per heavy atom. The molecule has 1 aliphatic carbocycles. The minimum atomic E-state index is 0. The lowest BCUT2D eigenvalue weighted by atomic mass is 10.0. The van der Waals surface area contributed by atoms with Gasteiger partial charge < -0.3 is 10.2 Å². The van der Waals surface area contributed by atoms with E-state index in [-0.39, 0.29) is 23.9 Å². The van der Waals surface area contributed by atoms with Gasteiger partial charge in [0.15, 0.2) is 0 Å². The van der Waals surface area contributed by atoms with E-state index in [4.69, 9.17) is 0 Å². The molecule has 4 rings (SSSR count). The molecule has 1 fully saturated rings. The van der Waals surface area contributed by atoms with Crippen molar-refractivity contribution in [3.8, 4) is 0 Å². The number of fused-ring (bicyclic) bond motifs is 3.